The zero-order valence-electron chi connectivity index (χ0n) is 40.3. The Labute approximate surface area is 368 Å². The van der Waals surface area contributed by atoms with Crippen LogP contribution in [0, 0.1) is 0 Å². The van der Waals surface area contributed by atoms with Crippen molar-refractivity contribution in [1.82, 2.24) is 0 Å². The Morgan fingerprint density at radius 2 is 0.780 bits per heavy atom. The molecular formula is C50H103NO7P+. The maximum absolute atomic E-state index is 12.8. The van der Waals surface area contributed by atoms with Gasteiger partial charge in [0.05, 0.1) is 34.4 Å². The van der Waals surface area contributed by atoms with Gasteiger partial charge >= 0.3 is 13.8 Å². The van der Waals surface area contributed by atoms with Crippen molar-refractivity contribution in [3.05, 3.63) is 0 Å². The van der Waals surface area contributed by atoms with E-state index >= 15 is 0 Å². The van der Waals surface area contributed by atoms with Gasteiger partial charge in [-0.25, -0.2) is 4.57 Å². The molecule has 0 saturated heterocycles. The van der Waals surface area contributed by atoms with Crippen LogP contribution in [0.1, 0.15) is 258 Å². The van der Waals surface area contributed by atoms with Gasteiger partial charge in [0, 0.05) is 13.0 Å². The highest BCUT2D eigenvalue weighted by Gasteiger charge is 2.26. The lowest BCUT2D eigenvalue weighted by molar-refractivity contribution is -0.870. The molecule has 9 heteroatoms. The molecular weight excluding hydrogens is 758 g/mol. The molecule has 0 spiro atoms. The number of phosphoric acid groups is 1. The fourth-order valence-corrected chi connectivity index (χ4v) is 8.42. The zero-order valence-corrected chi connectivity index (χ0v) is 41.2. The number of rotatable bonds is 49. The van der Waals surface area contributed by atoms with Gasteiger partial charge < -0.3 is 18.9 Å². The van der Waals surface area contributed by atoms with Crippen LogP contribution in [0.4, 0.5) is 0 Å². The van der Waals surface area contributed by atoms with E-state index in [1.165, 1.54) is 205 Å². The van der Waals surface area contributed by atoms with E-state index in [2.05, 4.69) is 13.8 Å². The zero-order chi connectivity index (χ0) is 43.4. The Morgan fingerprint density at radius 3 is 1.12 bits per heavy atom. The van der Waals surface area contributed by atoms with Gasteiger partial charge in [-0.3, -0.25) is 13.8 Å². The first-order valence-corrected chi connectivity index (χ1v) is 27.3. The maximum atomic E-state index is 12.8. The van der Waals surface area contributed by atoms with Crippen LogP contribution in [-0.4, -0.2) is 75.6 Å². The molecule has 354 valence electrons. The highest BCUT2D eigenvalue weighted by Crippen LogP contribution is 2.43. The fourth-order valence-electron chi connectivity index (χ4n) is 7.67. The SMILES string of the molecule is CCCCCCCCCCCCCCCCCCCCCCCCCC(=O)OC(COCCCCCCCCCCCCCCCC)COP(=O)(O)OCC[N+](C)(C)C. The van der Waals surface area contributed by atoms with Crippen molar-refractivity contribution < 1.29 is 37.3 Å². The minimum atomic E-state index is -4.27. The lowest BCUT2D eigenvalue weighted by Crippen LogP contribution is -2.37. The number of unbranched alkanes of at least 4 members (excludes halogenated alkanes) is 35. The van der Waals surface area contributed by atoms with E-state index in [9.17, 15) is 14.3 Å². The molecule has 0 aliphatic carbocycles. The van der Waals surface area contributed by atoms with Crippen LogP contribution < -0.4 is 0 Å². The molecule has 0 aromatic heterocycles. The average molecular weight is 861 g/mol. The molecule has 2 atom stereocenters. The van der Waals surface area contributed by atoms with Gasteiger partial charge in [0.15, 0.2) is 0 Å². The average Bonchev–Trinajstić information content (AvgIpc) is 3.19. The summed E-state index contributed by atoms with van der Waals surface area (Å²) in [7, 11) is 1.69. The Kier molecular flexibility index (Phi) is 43.7. The van der Waals surface area contributed by atoms with E-state index < -0.39 is 13.9 Å². The van der Waals surface area contributed by atoms with Gasteiger partial charge in [-0.2, -0.15) is 0 Å². The summed E-state index contributed by atoms with van der Waals surface area (Å²) in [5.41, 5.74) is 0. The number of hydrogen-bond acceptors (Lipinski definition) is 6. The van der Waals surface area contributed by atoms with Gasteiger partial charge in [0.25, 0.3) is 0 Å². The molecule has 0 aromatic rings. The van der Waals surface area contributed by atoms with Gasteiger partial charge in [-0.15, -0.1) is 0 Å². The summed E-state index contributed by atoms with van der Waals surface area (Å²) in [5, 5.41) is 0. The minimum absolute atomic E-state index is 0.0941. The standard InChI is InChI=1S/C50H102NO7P/c1-6-8-10-12-14-16-18-20-22-23-24-25-26-27-28-29-30-31-33-35-37-39-41-43-50(52)58-49(48-57-59(53,54)56-46-44-51(3,4)5)47-55-45-42-40-38-36-34-32-21-19-17-15-13-11-9-7-2/h49H,6-48H2,1-5H3/p+1. The summed E-state index contributed by atoms with van der Waals surface area (Å²) in [6.07, 6.45) is 48.6. The second-order valence-corrected chi connectivity index (χ2v) is 20.4. The monoisotopic (exact) mass is 861 g/mol. The van der Waals surface area contributed by atoms with Crippen molar-refractivity contribution >= 4 is 13.8 Å². The van der Waals surface area contributed by atoms with Crippen LogP contribution in [0.25, 0.3) is 0 Å². The van der Waals surface area contributed by atoms with E-state index in [0.29, 0.717) is 24.1 Å². The topological polar surface area (TPSA) is 91.3 Å². The predicted molar refractivity (Wildman–Crippen MR) is 252 cm³/mol. The number of carbonyl (C=O) groups is 1. The molecule has 8 nitrogen and oxygen atoms in total. The fraction of sp³-hybridized carbons (Fsp3) is 0.980. The third-order valence-corrected chi connectivity index (χ3v) is 12.7. The van der Waals surface area contributed by atoms with Crippen molar-refractivity contribution in [1.29, 1.82) is 0 Å². The Morgan fingerprint density at radius 1 is 0.458 bits per heavy atom. The van der Waals surface area contributed by atoms with Gasteiger partial charge in [0.1, 0.15) is 19.3 Å². The number of likely N-dealkylation sites (N-methyl/N-ethyl adjacent to an activating group) is 1. The molecule has 0 heterocycles. The molecule has 59 heavy (non-hydrogen) atoms. The summed E-state index contributed by atoms with van der Waals surface area (Å²) >= 11 is 0. The highest BCUT2D eigenvalue weighted by atomic mass is 31.2. The van der Waals surface area contributed by atoms with Crippen LogP contribution in [0.15, 0.2) is 0 Å². The van der Waals surface area contributed by atoms with Crippen LogP contribution >= 0.6 is 7.82 Å². The molecule has 0 amide bonds. The quantitative estimate of drug-likeness (QED) is 0.0282. The number of quaternary nitrogens is 1. The second-order valence-electron chi connectivity index (χ2n) is 18.9. The van der Waals surface area contributed by atoms with Crippen molar-refractivity contribution in [3.8, 4) is 0 Å². The van der Waals surface area contributed by atoms with Crippen molar-refractivity contribution in [2.75, 3.05) is 54.1 Å². The summed E-state index contributed by atoms with van der Waals surface area (Å²) < 4.78 is 35.1. The molecule has 2 unspecified atom stereocenters. The van der Waals surface area contributed by atoms with E-state index in [4.69, 9.17) is 18.5 Å². The number of ether oxygens (including phenoxy) is 2. The van der Waals surface area contributed by atoms with Crippen molar-refractivity contribution in [2.45, 2.75) is 264 Å². The van der Waals surface area contributed by atoms with E-state index in [-0.39, 0.29) is 25.8 Å². The minimum Gasteiger partial charge on any atom is -0.457 e. The summed E-state index contributed by atoms with van der Waals surface area (Å²) in [4.78, 5) is 23.0. The van der Waals surface area contributed by atoms with Crippen LogP contribution in [0.3, 0.4) is 0 Å². The molecule has 0 fully saturated rings. The second kappa shape index (κ2) is 44.1. The first kappa shape index (κ1) is 58.5. The molecule has 0 radical (unpaired) electrons. The number of hydrogen-bond donors (Lipinski definition) is 1. The first-order chi connectivity index (χ1) is 28.6. The third-order valence-electron chi connectivity index (χ3n) is 11.7. The van der Waals surface area contributed by atoms with Gasteiger partial charge in [0.2, 0.25) is 0 Å². The van der Waals surface area contributed by atoms with Gasteiger partial charge in [-0.05, 0) is 12.8 Å². The lowest BCUT2D eigenvalue weighted by Gasteiger charge is -2.24. The summed E-state index contributed by atoms with van der Waals surface area (Å²) in [6, 6.07) is 0. The third kappa shape index (κ3) is 48.4. The molecule has 0 aliphatic rings. The normalized spacial score (nSPS) is 13.5. The summed E-state index contributed by atoms with van der Waals surface area (Å²) in [5.74, 6) is -0.305. The van der Waals surface area contributed by atoms with E-state index in [0.717, 1.165) is 32.1 Å². The molecule has 1 N–H and O–H groups in total. The summed E-state index contributed by atoms with van der Waals surface area (Å²) in [6.45, 7) is 5.70. The highest BCUT2D eigenvalue weighted by molar-refractivity contribution is 7.47. The van der Waals surface area contributed by atoms with E-state index in [1.54, 1.807) is 0 Å². The van der Waals surface area contributed by atoms with Crippen molar-refractivity contribution in [2.24, 2.45) is 0 Å². The lowest BCUT2D eigenvalue weighted by atomic mass is 10.0. The van der Waals surface area contributed by atoms with Crippen LogP contribution in [-0.2, 0) is 27.9 Å². The van der Waals surface area contributed by atoms with Crippen molar-refractivity contribution in [3.63, 3.8) is 0 Å². The van der Waals surface area contributed by atoms with E-state index in [1.807, 2.05) is 21.1 Å². The molecule has 0 aliphatic heterocycles. The Hall–Kier alpha value is -0.500. The molecule has 0 saturated carbocycles. The Balaban J connectivity index is 4.04. The number of phosphoric ester groups is 1. The van der Waals surface area contributed by atoms with Crippen LogP contribution in [0.2, 0.25) is 0 Å². The number of esters is 1. The van der Waals surface area contributed by atoms with Gasteiger partial charge in [-0.1, -0.05) is 239 Å². The predicted octanol–water partition coefficient (Wildman–Crippen LogP) is 15.6. The molecule has 0 aromatic carbocycles. The Bertz CT molecular complexity index is 914. The maximum Gasteiger partial charge on any atom is 0.472 e. The largest absolute Gasteiger partial charge is 0.472 e. The molecule has 0 rings (SSSR count). The molecule has 0 bridgehead atoms. The first-order valence-electron chi connectivity index (χ1n) is 25.8. The number of carbonyl (C=O) groups excluding carboxylic acids is 1. The van der Waals surface area contributed by atoms with Crippen LogP contribution in [0.5, 0.6) is 0 Å². The smallest absolute Gasteiger partial charge is 0.457 e. The number of nitrogens with zero attached hydrogens (tertiary/aromatic N) is 1.